The van der Waals surface area contributed by atoms with Gasteiger partial charge in [-0.25, -0.2) is 0 Å². The molecule has 0 unspecified atom stereocenters. The maximum Gasteiger partial charge on any atom is 0.137 e. The van der Waals surface area contributed by atoms with Crippen LogP contribution in [0, 0.1) is 0 Å². The van der Waals surface area contributed by atoms with Crippen molar-refractivity contribution in [3.63, 3.8) is 0 Å². The first-order valence-corrected chi connectivity index (χ1v) is 7.62. The minimum atomic E-state index is 0.387. The molecular formula is C17H13Cl2N3O. The number of hydrogen-bond acceptors (Lipinski definition) is 3. The van der Waals surface area contributed by atoms with E-state index >= 15 is 0 Å². The lowest BCUT2D eigenvalue weighted by molar-refractivity contribution is 0.319. The van der Waals surface area contributed by atoms with Gasteiger partial charge in [0.2, 0.25) is 0 Å². The van der Waals surface area contributed by atoms with E-state index in [9.17, 15) is 5.21 Å². The van der Waals surface area contributed by atoms with Crippen LogP contribution in [-0.2, 0) is 7.05 Å². The Morgan fingerprint density at radius 2 is 1.57 bits per heavy atom. The third-order valence-electron chi connectivity index (χ3n) is 3.48. The van der Waals surface area contributed by atoms with E-state index in [-0.39, 0.29) is 0 Å². The zero-order chi connectivity index (χ0) is 16.4. The molecule has 3 aromatic rings. The summed E-state index contributed by atoms with van der Waals surface area (Å²) in [5, 5.41) is 18.5. The molecule has 4 nitrogen and oxygen atoms in total. The maximum absolute atomic E-state index is 9.40. The summed E-state index contributed by atoms with van der Waals surface area (Å²) in [6.45, 7) is 0. The van der Waals surface area contributed by atoms with Gasteiger partial charge >= 0.3 is 0 Å². The van der Waals surface area contributed by atoms with E-state index in [1.165, 1.54) is 0 Å². The minimum absolute atomic E-state index is 0.387. The average molecular weight is 346 g/mol. The number of benzene rings is 2. The molecule has 23 heavy (non-hydrogen) atoms. The predicted octanol–water partition coefficient (Wildman–Crippen LogP) is 4.62. The molecule has 2 aromatic carbocycles. The monoisotopic (exact) mass is 345 g/mol. The number of hydrogen-bond donors (Lipinski definition) is 1. The van der Waals surface area contributed by atoms with E-state index in [0.29, 0.717) is 21.5 Å². The Morgan fingerprint density at radius 1 is 1.00 bits per heavy atom. The van der Waals surface area contributed by atoms with Crippen molar-refractivity contribution in [3.8, 4) is 11.3 Å². The van der Waals surface area contributed by atoms with Gasteiger partial charge in [-0.05, 0) is 35.9 Å². The van der Waals surface area contributed by atoms with E-state index in [1.54, 1.807) is 28.9 Å². The van der Waals surface area contributed by atoms with Gasteiger partial charge in [-0.3, -0.25) is 4.68 Å². The molecule has 1 heterocycles. The highest BCUT2D eigenvalue weighted by Crippen LogP contribution is 2.23. The Hall–Kier alpha value is -2.30. The molecule has 0 saturated carbocycles. The largest absolute Gasteiger partial charge is 0.410 e. The average Bonchev–Trinajstić information content (AvgIpc) is 2.92. The highest BCUT2D eigenvalue weighted by Gasteiger charge is 2.15. The first-order valence-electron chi connectivity index (χ1n) is 6.87. The van der Waals surface area contributed by atoms with Crippen LogP contribution in [0.4, 0.5) is 0 Å². The van der Waals surface area contributed by atoms with Crippen LogP contribution in [0.3, 0.4) is 0 Å². The highest BCUT2D eigenvalue weighted by atomic mass is 35.5. The van der Waals surface area contributed by atoms with Crippen molar-refractivity contribution in [2.75, 3.05) is 0 Å². The molecule has 0 fully saturated rings. The van der Waals surface area contributed by atoms with E-state index in [2.05, 4.69) is 10.3 Å². The van der Waals surface area contributed by atoms with Crippen LogP contribution in [0.15, 0.2) is 59.8 Å². The SMILES string of the molecule is Cn1nc(C(=NO)c2ccc(Cl)cc2)cc1-c1ccc(Cl)cc1. The summed E-state index contributed by atoms with van der Waals surface area (Å²) in [7, 11) is 1.84. The van der Waals surface area contributed by atoms with Gasteiger partial charge in [0.25, 0.3) is 0 Å². The second-order valence-corrected chi connectivity index (χ2v) is 5.87. The summed E-state index contributed by atoms with van der Waals surface area (Å²) in [5.41, 5.74) is 3.56. The van der Waals surface area contributed by atoms with Crippen molar-refractivity contribution in [1.29, 1.82) is 0 Å². The molecule has 1 aromatic heterocycles. The normalized spacial score (nSPS) is 11.7. The van der Waals surface area contributed by atoms with Gasteiger partial charge in [0.15, 0.2) is 0 Å². The lowest BCUT2D eigenvalue weighted by Gasteiger charge is -2.01. The number of rotatable bonds is 3. The fourth-order valence-electron chi connectivity index (χ4n) is 2.34. The van der Waals surface area contributed by atoms with E-state index in [4.69, 9.17) is 23.2 Å². The third-order valence-corrected chi connectivity index (χ3v) is 3.98. The zero-order valence-electron chi connectivity index (χ0n) is 12.2. The topological polar surface area (TPSA) is 50.4 Å². The van der Waals surface area contributed by atoms with Crippen LogP contribution in [0.5, 0.6) is 0 Å². The predicted molar refractivity (Wildman–Crippen MR) is 92.5 cm³/mol. The first-order chi connectivity index (χ1) is 11.1. The second kappa shape index (κ2) is 6.44. The van der Waals surface area contributed by atoms with Gasteiger partial charge in [0, 0.05) is 22.7 Å². The summed E-state index contributed by atoms with van der Waals surface area (Å²) in [6, 6.07) is 16.4. The summed E-state index contributed by atoms with van der Waals surface area (Å²) >= 11 is 11.8. The molecule has 116 valence electrons. The molecule has 0 aliphatic carbocycles. The van der Waals surface area contributed by atoms with Crippen molar-refractivity contribution < 1.29 is 5.21 Å². The number of aromatic nitrogens is 2. The van der Waals surface area contributed by atoms with Crippen molar-refractivity contribution >= 4 is 28.9 Å². The van der Waals surface area contributed by atoms with Crippen molar-refractivity contribution in [3.05, 3.63) is 75.9 Å². The van der Waals surface area contributed by atoms with Crippen molar-refractivity contribution in [2.24, 2.45) is 12.2 Å². The van der Waals surface area contributed by atoms with Gasteiger partial charge in [-0.2, -0.15) is 5.10 Å². The highest BCUT2D eigenvalue weighted by molar-refractivity contribution is 6.31. The Bertz CT molecular complexity index is 853. The Kier molecular flexibility index (Phi) is 4.37. The van der Waals surface area contributed by atoms with Crippen LogP contribution in [0.1, 0.15) is 11.3 Å². The lowest BCUT2D eigenvalue weighted by Crippen LogP contribution is -2.05. The molecule has 0 aliphatic heterocycles. The molecule has 0 amide bonds. The molecule has 6 heteroatoms. The summed E-state index contributed by atoms with van der Waals surface area (Å²) < 4.78 is 1.74. The molecule has 0 saturated heterocycles. The van der Waals surface area contributed by atoms with Crippen molar-refractivity contribution in [2.45, 2.75) is 0 Å². The van der Waals surface area contributed by atoms with E-state index in [1.807, 2.05) is 37.4 Å². The number of halogens is 2. The minimum Gasteiger partial charge on any atom is -0.410 e. The van der Waals surface area contributed by atoms with Crippen LogP contribution in [0.2, 0.25) is 10.0 Å². The van der Waals surface area contributed by atoms with Gasteiger partial charge in [0.05, 0.1) is 5.69 Å². The summed E-state index contributed by atoms with van der Waals surface area (Å²) in [4.78, 5) is 0. The fraction of sp³-hybridized carbons (Fsp3) is 0.0588. The van der Waals surface area contributed by atoms with Crippen LogP contribution < -0.4 is 0 Å². The van der Waals surface area contributed by atoms with Gasteiger partial charge in [-0.1, -0.05) is 52.6 Å². The molecular weight excluding hydrogens is 333 g/mol. The molecule has 0 atom stereocenters. The Labute approximate surface area is 143 Å². The van der Waals surface area contributed by atoms with Crippen LogP contribution in [0.25, 0.3) is 11.3 Å². The molecule has 0 aliphatic rings. The fourth-order valence-corrected chi connectivity index (χ4v) is 2.59. The smallest absolute Gasteiger partial charge is 0.137 e. The van der Waals surface area contributed by atoms with Gasteiger partial charge < -0.3 is 5.21 Å². The van der Waals surface area contributed by atoms with E-state index < -0.39 is 0 Å². The summed E-state index contributed by atoms with van der Waals surface area (Å²) in [6.07, 6.45) is 0. The Morgan fingerprint density at radius 3 is 2.13 bits per heavy atom. The zero-order valence-corrected chi connectivity index (χ0v) is 13.8. The molecule has 3 rings (SSSR count). The first kappa shape index (κ1) is 15.6. The molecule has 0 radical (unpaired) electrons. The molecule has 0 bridgehead atoms. The standard InChI is InChI=1S/C17H13Cl2N3O/c1-22-16(11-2-6-13(18)7-3-11)10-15(20-22)17(21-23)12-4-8-14(19)9-5-12/h2-10,23H,1H3. The molecule has 0 spiro atoms. The number of nitrogens with zero attached hydrogens (tertiary/aromatic N) is 3. The lowest BCUT2D eigenvalue weighted by atomic mass is 10.1. The second-order valence-electron chi connectivity index (χ2n) is 5.00. The Balaban J connectivity index is 2.02. The maximum atomic E-state index is 9.40. The quantitative estimate of drug-likeness (QED) is 0.427. The summed E-state index contributed by atoms with van der Waals surface area (Å²) in [5.74, 6) is 0. The number of aryl methyl sites for hydroxylation is 1. The van der Waals surface area contributed by atoms with Crippen molar-refractivity contribution in [1.82, 2.24) is 9.78 Å². The van der Waals surface area contributed by atoms with Crippen LogP contribution >= 0.6 is 23.2 Å². The number of oxime groups is 1. The van der Waals surface area contributed by atoms with Gasteiger partial charge in [-0.15, -0.1) is 0 Å². The molecule has 1 N–H and O–H groups in total. The van der Waals surface area contributed by atoms with Crippen LogP contribution in [-0.4, -0.2) is 20.7 Å². The third kappa shape index (κ3) is 3.23. The van der Waals surface area contributed by atoms with Gasteiger partial charge in [0.1, 0.15) is 11.4 Å². The van der Waals surface area contributed by atoms with E-state index in [0.717, 1.165) is 16.8 Å².